The molecule has 0 atom stereocenters. The number of amides is 1. The average molecular weight is 574 g/mol. The minimum absolute atomic E-state index is 0.00537. The number of carbonyl (C=O) groups excluding carboxylic acids is 1. The molecule has 0 radical (unpaired) electrons. The SMILES string of the molecule is CSc1ccc(CNC(=O)c2cc(Cl)ccc2NS(=O)(=O)c2ccc(Oc3ccccc3Cl)cc2)cc1. The van der Waals surface area contributed by atoms with Gasteiger partial charge in [-0.3, -0.25) is 9.52 Å². The maximum absolute atomic E-state index is 13.1. The monoisotopic (exact) mass is 572 g/mol. The van der Waals surface area contributed by atoms with E-state index in [2.05, 4.69) is 10.0 Å². The number of hydrogen-bond acceptors (Lipinski definition) is 5. The second-order valence-electron chi connectivity index (χ2n) is 7.83. The highest BCUT2D eigenvalue weighted by atomic mass is 35.5. The van der Waals surface area contributed by atoms with Gasteiger partial charge in [-0.25, -0.2) is 8.42 Å². The van der Waals surface area contributed by atoms with E-state index in [1.165, 1.54) is 42.5 Å². The Labute approximate surface area is 230 Å². The van der Waals surface area contributed by atoms with Crippen molar-refractivity contribution in [3.05, 3.63) is 112 Å². The lowest BCUT2D eigenvalue weighted by atomic mass is 10.1. The predicted octanol–water partition coefficient (Wildman–Crippen LogP) is 7.24. The second kappa shape index (κ2) is 11.9. The summed E-state index contributed by atoms with van der Waals surface area (Å²) in [6, 6.07) is 25.0. The number of hydrogen-bond donors (Lipinski definition) is 2. The highest BCUT2D eigenvalue weighted by Gasteiger charge is 2.20. The van der Waals surface area contributed by atoms with E-state index in [4.69, 9.17) is 27.9 Å². The molecule has 0 saturated carbocycles. The molecule has 4 aromatic carbocycles. The van der Waals surface area contributed by atoms with Crippen molar-refractivity contribution >= 4 is 56.6 Å². The Morgan fingerprint density at radius 1 is 0.919 bits per heavy atom. The quantitative estimate of drug-likeness (QED) is 0.206. The molecule has 10 heteroatoms. The third-order valence-corrected chi connectivity index (χ3v) is 7.95. The van der Waals surface area contributed by atoms with Crippen molar-refractivity contribution in [3.8, 4) is 11.5 Å². The average Bonchev–Trinajstić information content (AvgIpc) is 2.90. The summed E-state index contributed by atoms with van der Waals surface area (Å²) < 4.78 is 34.4. The number of thioether (sulfide) groups is 1. The van der Waals surface area contributed by atoms with E-state index in [1.54, 1.807) is 36.0 Å². The lowest BCUT2D eigenvalue weighted by molar-refractivity contribution is 0.0952. The molecule has 0 fully saturated rings. The lowest BCUT2D eigenvalue weighted by Gasteiger charge is -2.14. The zero-order chi connectivity index (χ0) is 26.4. The predicted molar refractivity (Wildman–Crippen MR) is 150 cm³/mol. The van der Waals surface area contributed by atoms with Gasteiger partial charge in [0.1, 0.15) is 11.5 Å². The molecule has 0 aliphatic heterocycles. The third kappa shape index (κ3) is 6.99. The first-order chi connectivity index (χ1) is 17.7. The molecule has 4 rings (SSSR count). The number of para-hydroxylation sites is 1. The van der Waals surface area contributed by atoms with Gasteiger partial charge in [0.15, 0.2) is 0 Å². The first-order valence-corrected chi connectivity index (χ1v) is 14.5. The van der Waals surface area contributed by atoms with Gasteiger partial charge in [0.25, 0.3) is 15.9 Å². The molecule has 6 nitrogen and oxygen atoms in total. The van der Waals surface area contributed by atoms with Crippen LogP contribution in [0.1, 0.15) is 15.9 Å². The summed E-state index contributed by atoms with van der Waals surface area (Å²) in [5.41, 5.74) is 1.13. The molecule has 190 valence electrons. The number of sulfonamides is 1. The van der Waals surface area contributed by atoms with Crippen LogP contribution in [0, 0.1) is 0 Å². The number of nitrogens with one attached hydrogen (secondary N) is 2. The van der Waals surface area contributed by atoms with Gasteiger partial charge in [-0.15, -0.1) is 11.8 Å². The van der Waals surface area contributed by atoms with E-state index < -0.39 is 15.9 Å². The van der Waals surface area contributed by atoms with Crippen LogP contribution in [-0.2, 0) is 16.6 Å². The van der Waals surface area contributed by atoms with Gasteiger partial charge in [0.05, 0.1) is 21.2 Å². The van der Waals surface area contributed by atoms with Crippen LogP contribution in [0.4, 0.5) is 5.69 Å². The molecule has 0 aromatic heterocycles. The Kier molecular flexibility index (Phi) is 8.66. The first-order valence-electron chi connectivity index (χ1n) is 11.0. The fourth-order valence-corrected chi connectivity index (χ4v) is 5.19. The summed E-state index contributed by atoms with van der Waals surface area (Å²) in [5, 5.41) is 3.56. The van der Waals surface area contributed by atoms with Gasteiger partial charge >= 0.3 is 0 Å². The normalized spacial score (nSPS) is 11.1. The molecular weight excluding hydrogens is 551 g/mol. The van der Waals surface area contributed by atoms with E-state index in [-0.39, 0.29) is 22.7 Å². The Bertz CT molecular complexity index is 1510. The van der Waals surface area contributed by atoms with Crippen LogP contribution < -0.4 is 14.8 Å². The molecule has 0 bridgehead atoms. The fraction of sp³-hybridized carbons (Fsp3) is 0.0741. The number of anilines is 1. The van der Waals surface area contributed by atoms with Gasteiger partial charge in [-0.05, 0) is 78.5 Å². The molecule has 1 amide bonds. The number of ether oxygens (including phenoxy) is 1. The Morgan fingerprint density at radius 3 is 2.30 bits per heavy atom. The smallest absolute Gasteiger partial charge is 0.261 e. The zero-order valence-electron chi connectivity index (χ0n) is 19.6. The Morgan fingerprint density at radius 2 is 1.62 bits per heavy atom. The van der Waals surface area contributed by atoms with E-state index in [0.29, 0.717) is 21.5 Å². The van der Waals surface area contributed by atoms with Crippen LogP contribution in [0.3, 0.4) is 0 Å². The van der Waals surface area contributed by atoms with Crippen molar-refractivity contribution in [3.63, 3.8) is 0 Å². The minimum atomic E-state index is -4.01. The van der Waals surface area contributed by atoms with Crippen molar-refractivity contribution in [2.45, 2.75) is 16.3 Å². The molecule has 4 aromatic rings. The Hall–Kier alpha value is -3.17. The van der Waals surface area contributed by atoms with Crippen LogP contribution in [0.25, 0.3) is 0 Å². The zero-order valence-corrected chi connectivity index (χ0v) is 22.7. The number of halogens is 2. The number of rotatable bonds is 9. The van der Waals surface area contributed by atoms with Crippen LogP contribution in [0.2, 0.25) is 10.0 Å². The van der Waals surface area contributed by atoms with Crippen molar-refractivity contribution in [2.75, 3.05) is 11.0 Å². The van der Waals surface area contributed by atoms with Crippen LogP contribution >= 0.6 is 35.0 Å². The molecule has 37 heavy (non-hydrogen) atoms. The summed E-state index contributed by atoms with van der Waals surface area (Å²) in [5.74, 6) is 0.414. The standard InChI is InChI=1S/C27H22Cl2N2O4S2/c1-36-21-11-6-18(7-12-21)17-30-27(32)23-16-19(28)8-15-25(23)31-37(33,34)22-13-9-20(10-14-22)35-26-5-3-2-4-24(26)29/h2-16,31H,17H2,1H3,(H,30,32). The van der Waals surface area contributed by atoms with Gasteiger partial charge in [-0.1, -0.05) is 47.5 Å². The highest BCUT2D eigenvalue weighted by molar-refractivity contribution is 7.98. The second-order valence-corrected chi connectivity index (χ2v) is 11.2. The molecule has 0 unspecified atom stereocenters. The van der Waals surface area contributed by atoms with Crippen LogP contribution in [0.15, 0.2) is 101 Å². The lowest BCUT2D eigenvalue weighted by Crippen LogP contribution is -2.25. The summed E-state index contributed by atoms with van der Waals surface area (Å²) in [6.07, 6.45) is 1.99. The van der Waals surface area contributed by atoms with E-state index >= 15 is 0 Å². The van der Waals surface area contributed by atoms with Crippen molar-refractivity contribution < 1.29 is 17.9 Å². The van der Waals surface area contributed by atoms with Crippen molar-refractivity contribution in [1.82, 2.24) is 5.32 Å². The Balaban J connectivity index is 1.49. The fourth-order valence-electron chi connectivity index (χ4n) is 3.36. The van der Waals surface area contributed by atoms with Gasteiger partial charge in [-0.2, -0.15) is 0 Å². The third-order valence-electron chi connectivity index (χ3n) is 5.28. The van der Waals surface area contributed by atoms with Crippen LogP contribution in [-0.4, -0.2) is 20.6 Å². The maximum atomic E-state index is 13.1. The highest BCUT2D eigenvalue weighted by Crippen LogP contribution is 2.30. The molecule has 0 aliphatic rings. The molecule has 0 heterocycles. The van der Waals surface area contributed by atoms with Crippen molar-refractivity contribution in [2.24, 2.45) is 0 Å². The molecular formula is C27H22Cl2N2O4S2. The summed E-state index contributed by atoms with van der Waals surface area (Å²) in [4.78, 5) is 14.1. The van der Waals surface area contributed by atoms with Gasteiger partial charge < -0.3 is 10.1 Å². The summed E-state index contributed by atoms with van der Waals surface area (Å²) >= 11 is 13.9. The van der Waals surface area contributed by atoms with Gasteiger partial charge in [0.2, 0.25) is 0 Å². The topological polar surface area (TPSA) is 84.5 Å². The molecule has 2 N–H and O–H groups in total. The van der Waals surface area contributed by atoms with E-state index in [1.807, 2.05) is 30.5 Å². The molecule has 0 saturated heterocycles. The number of carbonyl (C=O) groups is 1. The minimum Gasteiger partial charge on any atom is -0.456 e. The molecule has 0 aliphatic carbocycles. The first kappa shape index (κ1) is 26.9. The van der Waals surface area contributed by atoms with E-state index in [0.717, 1.165) is 10.5 Å². The largest absolute Gasteiger partial charge is 0.456 e. The van der Waals surface area contributed by atoms with Crippen LogP contribution in [0.5, 0.6) is 11.5 Å². The maximum Gasteiger partial charge on any atom is 0.261 e. The van der Waals surface area contributed by atoms with Gasteiger partial charge in [0, 0.05) is 16.5 Å². The van der Waals surface area contributed by atoms with E-state index in [9.17, 15) is 13.2 Å². The summed E-state index contributed by atoms with van der Waals surface area (Å²) in [6.45, 7) is 0.277. The van der Waals surface area contributed by atoms with Crippen molar-refractivity contribution in [1.29, 1.82) is 0 Å². The number of benzene rings is 4. The summed E-state index contributed by atoms with van der Waals surface area (Å²) in [7, 11) is -4.01. The molecule has 0 spiro atoms.